The van der Waals surface area contributed by atoms with Crippen LogP contribution in [0.2, 0.25) is 0 Å². The molecule has 0 spiro atoms. The van der Waals surface area contributed by atoms with Crippen molar-refractivity contribution < 1.29 is 235 Å². The monoisotopic (exact) mass is 2110 g/mol. The summed E-state index contributed by atoms with van der Waals surface area (Å²) in [5, 5.41) is 51.3. The molecule has 11 aromatic heterocycles. The fourth-order valence-electron chi connectivity index (χ4n) is 7.96. The molecule has 27 heteroatoms. The molecule has 0 unspecified atom stereocenters. The van der Waals surface area contributed by atoms with E-state index in [1.165, 1.54) is 89.8 Å². The van der Waals surface area contributed by atoms with Crippen molar-refractivity contribution in [3.8, 4) is 45.6 Å². The summed E-state index contributed by atoms with van der Waals surface area (Å²) in [5.74, 6) is 0. The molecule has 508 valence electrons. The van der Waals surface area contributed by atoms with Gasteiger partial charge in [0.2, 0.25) is 0 Å². The number of nitrogens with zero attached hydrogens (tertiary/aromatic N) is 12. The minimum absolute atomic E-state index is 0. The predicted molar refractivity (Wildman–Crippen MR) is 416 cm³/mol. The first kappa shape index (κ1) is 112. The maximum atomic E-state index is 7.13. The molecule has 0 atom stereocenters. The molecule has 3 aromatic carbocycles. The van der Waals surface area contributed by atoms with Gasteiger partial charge in [-0.25, -0.2) is 0 Å². The number of thiophene rings is 3. The van der Waals surface area contributed by atoms with Crippen LogP contribution in [0.25, 0.3) is 99.5 Å². The van der Waals surface area contributed by atoms with Crippen molar-refractivity contribution in [2.45, 2.75) is 55.9 Å². The van der Waals surface area contributed by atoms with Crippen LogP contribution in [0.4, 0.5) is 0 Å². The smallest absolute Gasteiger partial charge is 0.753 e. The summed E-state index contributed by atoms with van der Waals surface area (Å²) >= 11 is 19.9. The van der Waals surface area contributed by atoms with E-state index >= 15 is 0 Å². The molecule has 12 nitrogen and oxygen atoms in total. The van der Waals surface area contributed by atoms with Gasteiger partial charge in [-0.1, -0.05) is 136 Å². The van der Waals surface area contributed by atoms with E-state index in [9.17, 15) is 0 Å². The Balaban J connectivity index is -0.000000256. The van der Waals surface area contributed by atoms with Crippen molar-refractivity contribution in [3.63, 3.8) is 0 Å². The molecule has 0 aliphatic heterocycles. The molecule has 14 rings (SSSR count). The summed E-state index contributed by atoms with van der Waals surface area (Å²) in [5.41, 5.74) is 12.2. The van der Waals surface area contributed by atoms with Crippen LogP contribution in [0.1, 0.15) is 44.3 Å². The third-order valence-electron chi connectivity index (χ3n) is 12.2. The molecule has 11 heterocycles. The number of hydrogen-bond donors (Lipinski definition) is 0. The van der Waals surface area contributed by atoms with Gasteiger partial charge in [0, 0.05) is 246 Å². The zero-order valence-electron chi connectivity index (χ0n) is 56.5. The van der Waals surface area contributed by atoms with E-state index < -0.39 is 0 Å². The van der Waals surface area contributed by atoms with Gasteiger partial charge >= 0.3 is 39.0 Å². The number of thiocarbonyl (C=S) groups is 4. The van der Waals surface area contributed by atoms with Crippen LogP contribution in [0.15, 0.2) is 244 Å². The topological polar surface area (TPSA) is 192 Å². The predicted octanol–water partition coefficient (Wildman–Crippen LogP) is 22.1. The summed E-state index contributed by atoms with van der Waals surface area (Å²) in [6.45, 7) is 14.6. The van der Waals surface area contributed by atoms with Gasteiger partial charge in [0.1, 0.15) is 0 Å². The van der Waals surface area contributed by atoms with Gasteiger partial charge in [0.05, 0.1) is 45.6 Å². The fourth-order valence-corrected chi connectivity index (χ4v) is 10.1. The van der Waals surface area contributed by atoms with E-state index in [-0.39, 0.29) is 243 Å². The Morgan fingerprint density at radius 3 is 0.612 bits per heavy atom. The molecule has 0 bridgehead atoms. The molecule has 14 aromatic rings. The quantitative estimate of drug-likeness (QED) is 0.0702. The Morgan fingerprint density at radius 1 is 0.272 bits per heavy atom. The molecular weight excluding hydrogens is 2040 g/mol. The second-order valence-corrected chi connectivity index (χ2v) is 22.8. The first-order valence-corrected chi connectivity index (χ1v) is 32.3. The van der Waals surface area contributed by atoms with Gasteiger partial charge in [0.25, 0.3) is 0 Å². The number of hydrogen-bond acceptors (Lipinski definition) is 15. The van der Waals surface area contributed by atoms with Crippen LogP contribution in [0, 0.1) is 64.6 Å². The number of rotatable bonds is 4. The second kappa shape index (κ2) is 69.0. The minimum atomic E-state index is 0. The maximum Gasteiger partial charge on any atom is 2.00 e. The average molecular weight is 2110 g/mol. The number of benzene rings is 3. The Kier molecular flexibility index (Phi) is 74.9. The SMILES string of the molecule is C.Cc1ccnc(-c2cc(C)ccn2)c1.Cc1ccnc(-c2cc(C)ccn2)c1.Cc1s[c-]c2ccccc12.Cc1s[c-]c2ccccc12.Cc1s[c-]c2ccccc12.[N-]=C=S.[N-]=C=S.[N-]=C=S.[N-]=C=S.[Ru+2].[Ru+2].[Y].[Y].[Y].[Y].[Y].[Y].c1ccc(-c2ccccn2)nc1.c1ccc(-c2ccccn2)nc1. The van der Waals surface area contributed by atoms with Crippen molar-refractivity contribution in [3.05, 3.63) is 318 Å². The van der Waals surface area contributed by atoms with Crippen molar-refractivity contribution >= 4 is 136 Å². The number of fused-ring (bicyclic) bond motifs is 3. The first-order chi connectivity index (χ1) is 45.7. The van der Waals surface area contributed by atoms with Gasteiger partial charge in [-0.3, -0.25) is 73.9 Å². The molecule has 0 fully saturated rings. The van der Waals surface area contributed by atoms with Crippen molar-refractivity contribution in [2.75, 3.05) is 0 Å². The molecule has 0 amide bonds. The second-order valence-electron chi connectivity index (χ2n) is 19.0. The number of pyridine rings is 8. The normalized spacial score (nSPS) is 8.38. The van der Waals surface area contributed by atoms with Crippen LogP contribution < -0.4 is 0 Å². The van der Waals surface area contributed by atoms with E-state index in [0.29, 0.717) is 0 Å². The summed E-state index contributed by atoms with van der Waals surface area (Å²) in [7, 11) is 0. The Hall–Kier alpha value is -2.19. The average Bonchev–Trinajstić information content (AvgIpc) is 1.82. The van der Waals surface area contributed by atoms with E-state index in [0.717, 1.165) is 45.6 Å². The van der Waals surface area contributed by atoms with Gasteiger partial charge in [0.15, 0.2) is 0 Å². The van der Waals surface area contributed by atoms with Crippen LogP contribution in [0.5, 0.6) is 0 Å². The van der Waals surface area contributed by atoms with Gasteiger partial charge in [-0.05, 0) is 147 Å². The summed E-state index contributed by atoms with van der Waals surface area (Å²) in [6.07, 6.45) is 14.3. The summed E-state index contributed by atoms with van der Waals surface area (Å²) in [6, 6.07) is 64.3. The Morgan fingerprint density at radius 2 is 0.447 bits per heavy atom. The molecular formula is C76H65N12Ru2S7Y6-3. The maximum absolute atomic E-state index is 7.13. The Labute approximate surface area is 816 Å². The number of aryl methyl sites for hydroxylation is 7. The van der Waals surface area contributed by atoms with E-state index in [4.69, 9.17) is 21.6 Å². The van der Waals surface area contributed by atoms with Gasteiger partial charge < -0.3 is 21.6 Å². The molecule has 103 heavy (non-hydrogen) atoms. The Bertz CT molecular complexity index is 4100. The number of isothiocyanates is 4. The van der Waals surface area contributed by atoms with Gasteiger partial charge in [-0.15, -0.1) is 102 Å². The molecule has 0 aliphatic rings. The van der Waals surface area contributed by atoms with Crippen molar-refractivity contribution in [1.82, 2.24) is 39.9 Å². The molecule has 0 saturated heterocycles. The van der Waals surface area contributed by atoms with E-state index in [2.05, 4.69) is 208 Å². The van der Waals surface area contributed by atoms with E-state index in [1.807, 2.05) is 164 Å². The minimum Gasteiger partial charge on any atom is -0.753 e. The van der Waals surface area contributed by atoms with Crippen molar-refractivity contribution in [2.24, 2.45) is 0 Å². The largest absolute Gasteiger partial charge is 2.00 e. The molecule has 0 N–H and O–H groups in total. The molecule has 6 radical (unpaired) electrons. The first-order valence-electron chi connectivity index (χ1n) is 28.2. The zero-order valence-corrected chi connectivity index (χ0v) is 82.7. The van der Waals surface area contributed by atoms with Crippen LogP contribution in [-0.4, -0.2) is 60.5 Å². The van der Waals surface area contributed by atoms with Crippen LogP contribution in [-0.2, 0) is 235 Å². The molecule has 0 aliphatic carbocycles. The third-order valence-corrected chi connectivity index (χ3v) is 14.8. The van der Waals surface area contributed by atoms with Crippen LogP contribution >= 0.6 is 82.9 Å². The third kappa shape index (κ3) is 44.9. The standard InChI is InChI=1S/2C12H12N2.2C10H8N2.3C9H7S.4CNS.CH4.2Ru.6Y/c2*1-9-3-5-13-11(7-9)12-8-10(2)4-6-14-12;2*1-3-7-11-9(5-1)10-6-2-4-8-12-10;3*1-7-9-5-3-2-4-8(9)6-10-7;4*2-1-3;;;;;;;;;/h2*3-8H,1-2H3;2*1-8H;3*2-5H,1H3;;;;;1H4;;;;;;;;/q;;;;7*-1;;2*+2;;;;;;. The summed E-state index contributed by atoms with van der Waals surface area (Å²) in [4.78, 5) is 38.0. The summed E-state index contributed by atoms with van der Waals surface area (Å²) < 4.78 is 0. The number of aromatic nitrogens is 8. The zero-order chi connectivity index (χ0) is 68.1. The van der Waals surface area contributed by atoms with Crippen molar-refractivity contribution in [1.29, 1.82) is 0 Å². The van der Waals surface area contributed by atoms with Crippen LogP contribution in [0.3, 0.4) is 0 Å². The fraction of sp³-hybridized carbons (Fsp3) is 0.105. The van der Waals surface area contributed by atoms with E-state index in [1.54, 1.807) is 58.8 Å². The molecule has 0 saturated carbocycles. The van der Waals surface area contributed by atoms with Gasteiger partial charge in [-0.2, -0.15) is 20.6 Å².